The molecule has 0 saturated carbocycles. The lowest BCUT2D eigenvalue weighted by Crippen LogP contribution is -2.49. The van der Waals surface area contributed by atoms with Crippen LogP contribution in [0, 0.1) is 5.41 Å². The smallest absolute Gasteiger partial charge is 0.222 e. The standard InChI is InChI=1S/C18H24N4OS/c1-3-15(24-12-1)13-22-10-4-16-18(14-22,6-11-23-16)5-9-21-17-19-7-2-8-20-17/h1-3,7-8,12,16H,4-6,9-11,13-14H2,(H,19,20,21)/t16-,18+/m1/s1. The predicted octanol–water partition coefficient (Wildman–Crippen LogP) is 3.02. The van der Waals surface area contributed by atoms with Gasteiger partial charge in [0.1, 0.15) is 0 Å². The molecule has 4 rings (SSSR count). The van der Waals surface area contributed by atoms with Crippen molar-refractivity contribution in [1.82, 2.24) is 14.9 Å². The van der Waals surface area contributed by atoms with Gasteiger partial charge in [-0.1, -0.05) is 6.07 Å². The molecule has 1 N–H and O–H groups in total. The SMILES string of the molecule is c1cnc(NCC[C@@]23CCO[C@@H]2CCN(Cc2cccs2)C3)nc1. The Labute approximate surface area is 147 Å². The number of likely N-dealkylation sites (tertiary alicyclic amines) is 1. The maximum Gasteiger partial charge on any atom is 0.222 e. The fourth-order valence-corrected chi connectivity index (χ4v) is 4.82. The zero-order valence-corrected chi connectivity index (χ0v) is 14.7. The van der Waals surface area contributed by atoms with E-state index in [0.717, 1.165) is 58.0 Å². The number of fused-ring (bicyclic) bond motifs is 1. The highest BCUT2D eigenvalue weighted by molar-refractivity contribution is 7.09. The highest BCUT2D eigenvalue weighted by atomic mass is 32.1. The van der Waals surface area contributed by atoms with Gasteiger partial charge in [-0.05, 0) is 36.8 Å². The van der Waals surface area contributed by atoms with E-state index in [0.29, 0.717) is 6.10 Å². The maximum absolute atomic E-state index is 6.06. The number of hydrogen-bond donors (Lipinski definition) is 1. The van der Waals surface area contributed by atoms with Crippen LogP contribution in [-0.4, -0.2) is 47.2 Å². The molecular formula is C18H24N4OS. The molecule has 0 aromatic carbocycles. The fourth-order valence-electron chi connectivity index (χ4n) is 4.07. The molecule has 24 heavy (non-hydrogen) atoms. The van der Waals surface area contributed by atoms with E-state index in [1.54, 1.807) is 12.4 Å². The molecular weight excluding hydrogens is 320 g/mol. The van der Waals surface area contributed by atoms with Gasteiger partial charge >= 0.3 is 0 Å². The lowest BCUT2D eigenvalue weighted by atomic mass is 9.74. The van der Waals surface area contributed by atoms with Crippen LogP contribution in [0.3, 0.4) is 0 Å². The quantitative estimate of drug-likeness (QED) is 0.873. The van der Waals surface area contributed by atoms with Crippen molar-refractivity contribution in [3.8, 4) is 0 Å². The molecule has 0 bridgehead atoms. The molecule has 2 aromatic heterocycles. The molecule has 2 fully saturated rings. The van der Waals surface area contributed by atoms with Crippen LogP contribution < -0.4 is 5.32 Å². The molecule has 2 aliphatic heterocycles. The molecule has 128 valence electrons. The number of anilines is 1. The summed E-state index contributed by atoms with van der Waals surface area (Å²) >= 11 is 1.85. The number of nitrogens with zero attached hydrogens (tertiary/aromatic N) is 3. The third-order valence-electron chi connectivity index (χ3n) is 5.28. The normalized spacial score (nSPS) is 27.1. The van der Waals surface area contributed by atoms with Crippen LogP contribution in [0.25, 0.3) is 0 Å². The molecule has 0 spiro atoms. The second kappa shape index (κ2) is 7.17. The van der Waals surface area contributed by atoms with Gasteiger partial charge in [-0.15, -0.1) is 11.3 Å². The molecule has 0 unspecified atom stereocenters. The summed E-state index contributed by atoms with van der Waals surface area (Å²) in [6.07, 6.45) is 7.38. The van der Waals surface area contributed by atoms with Crippen LogP contribution in [0.2, 0.25) is 0 Å². The first-order chi connectivity index (χ1) is 11.8. The average molecular weight is 344 g/mol. The van der Waals surface area contributed by atoms with Gasteiger partial charge in [0.05, 0.1) is 6.10 Å². The Bertz CT molecular complexity index is 636. The van der Waals surface area contributed by atoms with E-state index in [4.69, 9.17) is 4.74 Å². The van der Waals surface area contributed by atoms with Crippen molar-refractivity contribution < 1.29 is 4.74 Å². The largest absolute Gasteiger partial charge is 0.378 e. The summed E-state index contributed by atoms with van der Waals surface area (Å²) in [4.78, 5) is 12.6. The lowest BCUT2D eigenvalue weighted by molar-refractivity contribution is -0.0225. The van der Waals surface area contributed by atoms with Gasteiger partial charge in [-0.2, -0.15) is 0 Å². The Kier molecular flexibility index (Phi) is 4.78. The van der Waals surface area contributed by atoms with E-state index in [2.05, 4.69) is 37.7 Å². The van der Waals surface area contributed by atoms with Crippen LogP contribution in [0.1, 0.15) is 24.1 Å². The van der Waals surface area contributed by atoms with Gasteiger partial charge in [-0.3, -0.25) is 4.90 Å². The Morgan fingerprint density at radius 2 is 2.25 bits per heavy atom. The van der Waals surface area contributed by atoms with Gasteiger partial charge < -0.3 is 10.1 Å². The van der Waals surface area contributed by atoms with Crippen LogP contribution >= 0.6 is 11.3 Å². The van der Waals surface area contributed by atoms with E-state index in [9.17, 15) is 0 Å². The van der Waals surface area contributed by atoms with Crippen LogP contribution in [0.15, 0.2) is 36.0 Å². The first-order valence-electron chi connectivity index (χ1n) is 8.71. The zero-order chi connectivity index (χ0) is 16.2. The lowest BCUT2D eigenvalue weighted by Gasteiger charge is -2.43. The Balaban J connectivity index is 1.38. The van der Waals surface area contributed by atoms with Gasteiger partial charge in [0.25, 0.3) is 0 Å². The molecule has 4 heterocycles. The minimum absolute atomic E-state index is 0.275. The summed E-state index contributed by atoms with van der Waals surface area (Å²) in [7, 11) is 0. The second-order valence-corrected chi connectivity index (χ2v) is 7.83. The number of nitrogens with one attached hydrogen (secondary N) is 1. The highest BCUT2D eigenvalue weighted by Crippen LogP contribution is 2.43. The third kappa shape index (κ3) is 3.45. The fraction of sp³-hybridized carbons (Fsp3) is 0.556. The first-order valence-corrected chi connectivity index (χ1v) is 9.59. The topological polar surface area (TPSA) is 50.3 Å². The van der Waals surface area contributed by atoms with Gasteiger partial charge in [-0.25, -0.2) is 9.97 Å². The van der Waals surface area contributed by atoms with Crippen LogP contribution in [-0.2, 0) is 11.3 Å². The van der Waals surface area contributed by atoms with E-state index in [1.165, 1.54) is 4.88 Å². The third-order valence-corrected chi connectivity index (χ3v) is 6.14. The molecule has 2 saturated heterocycles. The summed E-state index contributed by atoms with van der Waals surface area (Å²) in [5.74, 6) is 0.718. The van der Waals surface area contributed by atoms with E-state index < -0.39 is 0 Å². The summed E-state index contributed by atoms with van der Waals surface area (Å²) in [5, 5.41) is 5.53. The van der Waals surface area contributed by atoms with Crippen molar-refractivity contribution in [1.29, 1.82) is 0 Å². The molecule has 6 heteroatoms. The van der Waals surface area contributed by atoms with Crippen LogP contribution in [0.4, 0.5) is 5.95 Å². The van der Waals surface area contributed by atoms with Crippen molar-refractivity contribution in [2.24, 2.45) is 5.41 Å². The summed E-state index contributed by atoms with van der Waals surface area (Å²) < 4.78 is 6.06. The van der Waals surface area contributed by atoms with Crippen molar-refractivity contribution in [2.75, 3.05) is 31.6 Å². The maximum atomic E-state index is 6.06. The average Bonchev–Trinajstić information content (AvgIpc) is 3.25. The minimum atomic E-state index is 0.275. The van der Waals surface area contributed by atoms with Gasteiger partial charge in [0.15, 0.2) is 0 Å². The van der Waals surface area contributed by atoms with E-state index >= 15 is 0 Å². The van der Waals surface area contributed by atoms with Crippen molar-refractivity contribution >= 4 is 17.3 Å². The van der Waals surface area contributed by atoms with Crippen molar-refractivity contribution in [3.05, 3.63) is 40.8 Å². The molecule has 0 radical (unpaired) electrons. The highest BCUT2D eigenvalue weighted by Gasteiger charge is 2.47. The minimum Gasteiger partial charge on any atom is -0.378 e. The predicted molar refractivity (Wildman–Crippen MR) is 96.1 cm³/mol. The monoisotopic (exact) mass is 344 g/mol. The van der Waals surface area contributed by atoms with Crippen molar-refractivity contribution in [3.63, 3.8) is 0 Å². The summed E-state index contributed by atoms with van der Waals surface area (Å²) in [6, 6.07) is 6.22. The zero-order valence-electron chi connectivity index (χ0n) is 13.9. The molecule has 2 atom stereocenters. The second-order valence-electron chi connectivity index (χ2n) is 6.80. The number of thiophene rings is 1. The Morgan fingerprint density at radius 1 is 1.33 bits per heavy atom. The summed E-state index contributed by atoms with van der Waals surface area (Å²) in [6.45, 7) is 5.14. The Morgan fingerprint density at radius 3 is 3.08 bits per heavy atom. The summed E-state index contributed by atoms with van der Waals surface area (Å²) in [5.41, 5.74) is 0.275. The van der Waals surface area contributed by atoms with Gasteiger partial charge in [0.2, 0.25) is 5.95 Å². The molecule has 0 aliphatic carbocycles. The number of hydrogen-bond acceptors (Lipinski definition) is 6. The Hall–Kier alpha value is -1.50. The van der Waals surface area contributed by atoms with Gasteiger partial charge in [0, 0.05) is 55.5 Å². The molecule has 2 aliphatic rings. The van der Waals surface area contributed by atoms with Crippen molar-refractivity contribution in [2.45, 2.75) is 31.9 Å². The number of piperidine rings is 1. The number of rotatable bonds is 6. The molecule has 2 aromatic rings. The van der Waals surface area contributed by atoms with E-state index in [-0.39, 0.29) is 5.41 Å². The first kappa shape index (κ1) is 16.0. The van der Waals surface area contributed by atoms with E-state index in [1.807, 2.05) is 17.4 Å². The van der Waals surface area contributed by atoms with Crippen LogP contribution in [0.5, 0.6) is 0 Å². The number of aromatic nitrogens is 2. The number of ether oxygens (including phenoxy) is 1. The molecule has 0 amide bonds. The molecule has 5 nitrogen and oxygen atoms in total.